The third kappa shape index (κ3) is 5.72. The van der Waals surface area contributed by atoms with Crippen LogP contribution < -0.4 is 11.1 Å². The molecule has 0 aromatic carbocycles. The number of nitrogens with one attached hydrogen (secondary N) is 1. The van der Waals surface area contributed by atoms with Crippen LogP contribution in [0.5, 0.6) is 0 Å². The zero-order valence-electron chi connectivity index (χ0n) is 9.88. The Morgan fingerprint density at radius 1 is 1.47 bits per heavy atom. The highest BCUT2D eigenvalue weighted by Gasteiger charge is 2.20. The number of nitrogens with two attached hydrogens (primary N) is 1. The molecule has 0 saturated carbocycles. The molecule has 0 aromatic rings. The van der Waals surface area contributed by atoms with E-state index in [1.807, 2.05) is 6.92 Å². The average Bonchev–Trinajstić information content (AvgIpc) is 2.21. The molecule has 0 saturated heterocycles. The van der Waals surface area contributed by atoms with Gasteiger partial charge in [-0.2, -0.15) is 0 Å². The van der Waals surface area contributed by atoms with Crippen LogP contribution in [0, 0.1) is 11.8 Å². The van der Waals surface area contributed by atoms with E-state index in [1.54, 1.807) is 0 Å². The van der Waals surface area contributed by atoms with Crippen LogP contribution in [0.4, 0.5) is 0 Å². The van der Waals surface area contributed by atoms with Crippen LogP contribution in [-0.4, -0.2) is 17.4 Å². The molecule has 0 aliphatic heterocycles. The smallest absolute Gasteiger partial charge is 0.229 e. The molecule has 0 spiro atoms. The second-order valence-electron chi connectivity index (χ2n) is 4.00. The first-order chi connectivity index (χ1) is 7.02. The first-order valence-electron chi connectivity index (χ1n) is 5.59. The highest BCUT2D eigenvalue weighted by atomic mass is 32.1. The predicted molar refractivity (Wildman–Crippen MR) is 67.6 cm³/mol. The molecule has 0 bridgehead atoms. The molecule has 15 heavy (non-hydrogen) atoms. The molecule has 0 aromatic heterocycles. The van der Waals surface area contributed by atoms with E-state index in [4.69, 9.17) is 18.0 Å². The van der Waals surface area contributed by atoms with Gasteiger partial charge < -0.3 is 11.1 Å². The lowest BCUT2D eigenvalue weighted by Gasteiger charge is -2.16. The maximum absolute atomic E-state index is 11.7. The van der Waals surface area contributed by atoms with E-state index < -0.39 is 0 Å². The van der Waals surface area contributed by atoms with Gasteiger partial charge in [-0.1, -0.05) is 45.8 Å². The van der Waals surface area contributed by atoms with Gasteiger partial charge in [-0.05, 0) is 12.3 Å². The van der Waals surface area contributed by atoms with Gasteiger partial charge in [0.2, 0.25) is 5.91 Å². The largest absolute Gasteiger partial charge is 0.393 e. The first kappa shape index (κ1) is 14.4. The van der Waals surface area contributed by atoms with Gasteiger partial charge in [0.15, 0.2) is 0 Å². The van der Waals surface area contributed by atoms with Crippen molar-refractivity contribution in [1.29, 1.82) is 0 Å². The summed E-state index contributed by atoms with van der Waals surface area (Å²) in [5.41, 5.74) is 5.53. The maximum atomic E-state index is 11.7. The molecule has 4 heteroatoms. The summed E-state index contributed by atoms with van der Waals surface area (Å²) in [6.45, 7) is 6.94. The van der Waals surface area contributed by atoms with E-state index in [-0.39, 0.29) is 11.8 Å². The second kappa shape index (κ2) is 7.63. The van der Waals surface area contributed by atoms with Crippen LogP contribution in [0.15, 0.2) is 0 Å². The standard InChI is InChI=1S/C11H22N2OS/c1-4-6-9(10(12)15)11(14)13-7-8(3)5-2/h8-9H,4-7H2,1-3H3,(H2,12,15)(H,13,14). The predicted octanol–water partition coefficient (Wildman–Crippen LogP) is 1.85. The fourth-order valence-electron chi connectivity index (χ4n) is 1.23. The fraction of sp³-hybridized carbons (Fsp3) is 0.818. The Hall–Kier alpha value is -0.640. The van der Waals surface area contributed by atoms with Crippen molar-refractivity contribution in [2.75, 3.05) is 6.54 Å². The van der Waals surface area contributed by atoms with E-state index in [1.165, 1.54) is 0 Å². The monoisotopic (exact) mass is 230 g/mol. The molecule has 0 fully saturated rings. The van der Waals surface area contributed by atoms with Gasteiger partial charge in [-0.25, -0.2) is 0 Å². The fourth-order valence-corrected chi connectivity index (χ4v) is 1.46. The summed E-state index contributed by atoms with van der Waals surface area (Å²) in [4.78, 5) is 12.0. The molecule has 3 nitrogen and oxygen atoms in total. The topological polar surface area (TPSA) is 55.1 Å². The third-order valence-corrected chi connectivity index (χ3v) is 2.84. The number of thiocarbonyl (C=S) groups is 1. The van der Waals surface area contributed by atoms with Crippen molar-refractivity contribution in [2.24, 2.45) is 17.6 Å². The minimum absolute atomic E-state index is 0.0235. The Kier molecular flexibility index (Phi) is 7.30. The van der Waals surface area contributed by atoms with Crippen LogP contribution in [0.1, 0.15) is 40.0 Å². The summed E-state index contributed by atoms with van der Waals surface area (Å²) in [6.07, 6.45) is 2.71. The van der Waals surface area contributed by atoms with Crippen LogP contribution in [0.2, 0.25) is 0 Å². The van der Waals surface area contributed by atoms with Crippen molar-refractivity contribution < 1.29 is 4.79 Å². The number of carbonyl (C=O) groups is 1. The summed E-state index contributed by atoms with van der Waals surface area (Å²) in [6, 6.07) is 0. The Bertz CT molecular complexity index is 219. The van der Waals surface area contributed by atoms with Gasteiger partial charge in [0.1, 0.15) is 0 Å². The Balaban J connectivity index is 4.09. The van der Waals surface area contributed by atoms with Gasteiger partial charge in [-0.3, -0.25) is 4.79 Å². The van der Waals surface area contributed by atoms with Crippen LogP contribution in [0.25, 0.3) is 0 Å². The summed E-state index contributed by atoms with van der Waals surface area (Å²) < 4.78 is 0. The van der Waals surface area contributed by atoms with E-state index in [0.29, 0.717) is 17.5 Å². The lowest BCUT2D eigenvalue weighted by molar-refractivity contribution is -0.123. The molecule has 3 N–H and O–H groups in total. The number of amides is 1. The summed E-state index contributed by atoms with van der Waals surface area (Å²) in [5.74, 6) is 0.182. The Morgan fingerprint density at radius 3 is 2.47 bits per heavy atom. The van der Waals surface area contributed by atoms with Crippen molar-refractivity contribution in [1.82, 2.24) is 5.32 Å². The molecule has 0 aliphatic carbocycles. The third-order valence-electron chi connectivity index (χ3n) is 2.56. The van der Waals surface area contributed by atoms with Crippen molar-refractivity contribution in [3.8, 4) is 0 Å². The number of rotatable bonds is 7. The lowest BCUT2D eigenvalue weighted by atomic mass is 10.0. The highest BCUT2D eigenvalue weighted by Crippen LogP contribution is 2.07. The normalized spacial score (nSPS) is 14.3. The van der Waals surface area contributed by atoms with E-state index in [9.17, 15) is 4.79 Å². The molecule has 0 rings (SSSR count). The average molecular weight is 230 g/mol. The first-order valence-corrected chi connectivity index (χ1v) is 6.00. The van der Waals surface area contributed by atoms with Gasteiger partial charge in [-0.15, -0.1) is 0 Å². The molecule has 88 valence electrons. The van der Waals surface area contributed by atoms with Crippen molar-refractivity contribution >= 4 is 23.1 Å². The molecule has 2 atom stereocenters. The molecular weight excluding hydrogens is 208 g/mol. The van der Waals surface area contributed by atoms with Gasteiger partial charge in [0.05, 0.1) is 10.9 Å². The van der Waals surface area contributed by atoms with E-state index >= 15 is 0 Å². The molecule has 1 amide bonds. The highest BCUT2D eigenvalue weighted by molar-refractivity contribution is 7.80. The van der Waals surface area contributed by atoms with Crippen LogP contribution >= 0.6 is 12.2 Å². The van der Waals surface area contributed by atoms with Crippen LogP contribution in [0.3, 0.4) is 0 Å². The zero-order chi connectivity index (χ0) is 11.8. The molecule has 2 unspecified atom stereocenters. The SMILES string of the molecule is CCCC(C(=O)NCC(C)CC)C(N)=S. The Labute approximate surface area is 97.8 Å². The zero-order valence-corrected chi connectivity index (χ0v) is 10.7. The van der Waals surface area contributed by atoms with Crippen molar-refractivity contribution in [3.05, 3.63) is 0 Å². The number of hydrogen-bond donors (Lipinski definition) is 2. The van der Waals surface area contributed by atoms with E-state index in [0.717, 1.165) is 19.3 Å². The van der Waals surface area contributed by atoms with Gasteiger partial charge in [0.25, 0.3) is 0 Å². The second-order valence-corrected chi connectivity index (χ2v) is 4.47. The molecule has 0 heterocycles. The van der Waals surface area contributed by atoms with Crippen molar-refractivity contribution in [2.45, 2.75) is 40.0 Å². The minimum atomic E-state index is -0.297. The number of carbonyl (C=O) groups excluding carboxylic acids is 1. The molecule has 0 aliphatic rings. The number of hydrogen-bond acceptors (Lipinski definition) is 2. The summed E-state index contributed by atoms with van der Waals surface area (Å²) in [5, 5.41) is 2.89. The summed E-state index contributed by atoms with van der Waals surface area (Å²) >= 11 is 4.88. The molecular formula is C11H22N2OS. The van der Waals surface area contributed by atoms with Gasteiger partial charge in [0, 0.05) is 6.54 Å². The van der Waals surface area contributed by atoms with Gasteiger partial charge >= 0.3 is 0 Å². The van der Waals surface area contributed by atoms with Crippen LogP contribution in [-0.2, 0) is 4.79 Å². The van der Waals surface area contributed by atoms with Crippen molar-refractivity contribution in [3.63, 3.8) is 0 Å². The molecule has 0 radical (unpaired) electrons. The quantitative estimate of drug-likeness (QED) is 0.656. The summed E-state index contributed by atoms with van der Waals surface area (Å²) in [7, 11) is 0. The minimum Gasteiger partial charge on any atom is -0.393 e. The Morgan fingerprint density at radius 2 is 2.07 bits per heavy atom. The van der Waals surface area contributed by atoms with E-state index in [2.05, 4.69) is 19.2 Å². The maximum Gasteiger partial charge on any atom is 0.229 e. The lowest BCUT2D eigenvalue weighted by Crippen LogP contribution is -2.39.